The number of amides is 1. The van der Waals surface area contributed by atoms with Gasteiger partial charge in [-0.2, -0.15) is 0 Å². The minimum Gasteiger partial charge on any atom is -0.450 e. The first kappa shape index (κ1) is 14.6. The van der Waals surface area contributed by atoms with Crippen molar-refractivity contribution >= 4 is 23.2 Å². The predicted octanol–water partition coefficient (Wildman–Crippen LogP) is 1.40. The van der Waals surface area contributed by atoms with Gasteiger partial charge in [-0.25, -0.2) is 19.7 Å². The molecule has 1 aliphatic rings. The Balaban J connectivity index is 1.62. The van der Waals surface area contributed by atoms with Gasteiger partial charge in [0, 0.05) is 26.2 Å². The molecule has 3 heterocycles. The molecular weight excluding hydrogens is 284 g/mol. The maximum absolute atomic E-state index is 11.7. The second kappa shape index (κ2) is 6.17. The molecule has 1 saturated heterocycles. The molecule has 0 saturated carbocycles. The molecule has 1 amide bonds. The molecule has 1 aliphatic heterocycles. The van der Waals surface area contributed by atoms with Crippen molar-refractivity contribution in [2.45, 2.75) is 25.8 Å². The molecule has 0 atom stereocenters. The van der Waals surface area contributed by atoms with Crippen LogP contribution in [0.1, 0.15) is 19.8 Å². The van der Waals surface area contributed by atoms with Crippen LogP contribution in [-0.4, -0.2) is 56.3 Å². The lowest BCUT2D eigenvalue weighted by atomic mass is 10.1. The molecule has 118 valence electrons. The van der Waals surface area contributed by atoms with Crippen molar-refractivity contribution in [3.05, 3.63) is 12.5 Å². The molecule has 22 heavy (non-hydrogen) atoms. The van der Waals surface area contributed by atoms with Gasteiger partial charge in [-0.05, 0) is 19.8 Å². The van der Waals surface area contributed by atoms with E-state index in [1.165, 1.54) is 6.33 Å². The zero-order valence-electron chi connectivity index (χ0n) is 12.8. The molecule has 0 aliphatic carbocycles. The Hall–Kier alpha value is -2.38. The monoisotopic (exact) mass is 304 g/mol. The number of carbonyl (C=O) groups excluding carboxylic acids is 1. The van der Waals surface area contributed by atoms with Crippen LogP contribution >= 0.6 is 0 Å². The molecule has 0 aromatic carbocycles. The topological polar surface area (TPSA) is 85.2 Å². The number of aryl methyl sites for hydroxylation is 1. The first-order chi connectivity index (χ1) is 10.7. The number of rotatable bonds is 3. The second-order valence-corrected chi connectivity index (χ2v) is 5.33. The van der Waals surface area contributed by atoms with Gasteiger partial charge in [0.05, 0.1) is 12.8 Å². The quantitative estimate of drug-likeness (QED) is 0.922. The van der Waals surface area contributed by atoms with Gasteiger partial charge in [0.1, 0.15) is 11.8 Å². The summed E-state index contributed by atoms with van der Waals surface area (Å²) in [4.78, 5) is 26.2. The highest BCUT2D eigenvalue weighted by molar-refractivity contribution is 5.73. The van der Waals surface area contributed by atoms with Crippen LogP contribution in [0.4, 0.5) is 10.7 Å². The number of ether oxygens (including phenoxy) is 1. The number of nitrogens with one attached hydrogen (secondary N) is 1. The van der Waals surface area contributed by atoms with Crippen molar-refractivity contribution in [2.75, 3.05) is 25.0 Å². The zero-order valence-corrected chi connectivity index (χ0v) is 12.8. The molecule has 2 aromatic rings. The van der Waals surface area contributed by atoms with Crippen molar-refractivity contribution in [1.29, 1.82) is 0 Å². The van der Waals surface area contributed by atoms with E-state index in [4.69, 9.17) is 4.74 Å². The Labute approximate surface area is 128 Å². The molecular formula is C14H20N6O2. The number of hydrogen-bond acceptors (Lipinski definition) is 6. The van der Waals surface area contributed by atoms with Gasteiger partial charge >= 0.3 is 6.09 Å². The number of aromatic nitrogens is 4. The number of nitrogens with zero attached hydrogens (tertiary/aromatic N) is 5. The van der Waals surface area contributed by atoms with Crippen molar-refractivity contribution in [3.8, 4) is 0 Å². The van der Waals surface area contributed by atoms with Crippen LogP contribution in [0, 0.1) is 0 Å². The molecule has 0 bridgehead atoms. The SMILES string of the molecule is CCOC(=O)N1CCC(Nc2nc3cncnc3n2C)CC1. The molecule has 8 nitrogen and oxygen atoms in total. The smallest absolute Gasteiger partial charge is 0.409 e. The number of likely N-dealkylation sites (tertiary alicyclic amines) is 1. The van der Waals surface area contributed by atoms with Crippen molar-refractivity contribution in [3.63, 3.8) is 0 Å². The average molecular weight is 304 g/mol. The zero-order chi connectivity index (χ0) is 15.5. The van der Waals surface area contributed by atoms with Crippen molar-refractivity contribution < 1.29 is 9.53 Å². The minimum atomic E-state index is -0.223. The summed E-state index contributed by atoms with van der Waals surface area (Å²) in [6.45, 7) is 3.62. The van der Waals surface area contributed by atoms with E-state index in [1.54, 1.807) is 11.1 Å². The normalized spacial score (nSPS) is 16.0. The summed E-state index contributed by atoms with van der Waals surface area (Å²) in [5.41, 5.74) is 1.58. The van der Waals surface area contributed by atoms with Gasteiger partial charge in [0.2, 0.25) is 5.95 Å². The summed E-state index contributed by atoms with van der Waals surface area (Å²) in [5, 5.41) is 3.44. The summed E-state index contributed by atoms with van der Waals surface area (Å²) in [5.74, 6) is 0.782. The van der Waals surface area contributed by atoms with Gasteiger partial charge in [-0.15, -0.1) is 0 Å². The molecule has 2 aromatic heterocycles. The maximum Gasteiger partial charge on any atom is 0.409 e. The first-order valence-corrected chi connectivity index (χ1v) is 7.49. The summed E-state index contributed by atoms with van der Waals surface area (Å²) in [6, 6.07) is 0.286. The van der Waals surface area contributed by atoms with E-state index in [0.29, 0.717) is 19.7 Å². The fourth-order valence-corrected chi connectivity index (χ4v) is 2.68. The van der Waals surface area contributed by atoms with E-state index in [0.717, 1.165) is 30.0 Å². The summed E-state index contributed by atoms with van der Waals surface area (Å²) >= 11 is 0. The molecule has 0 radical (unpaired) electrons. The Morgan fingerprint density at radius 3 is 2.91 bits per heavy atom. The Morgan fingerprint density at radius 2 is 2.23 bits per heavy atom. The Morgan fingerprint density at radius 1 is 1.45 bits per heavy atom. The first-order valence-electron chi connectivity index (χ1n) is 7.49. The lowest BCUT2D eigenvalue weighted by molar-refractivity contribution is 0.0983. The summed E-state index contributed by atoms with van der Waals surface area (Å²) in [7, 11) is 1.93. The second-order valence-electron chi connectivity index (χ2n) is 5.33. The van der Waals surface area contributed by atoms with Crippen LogP contribution in [0.5, 0.6) is 0 Å². The van der Waals surface area contributed by atoms with Crippen LogP contribution in [-0.2, 0) is 11.8 Å². The van der Waals surface area contributed by atoms with E-state index in [1.807, 2.05) is 18.5 Å². The molecule has 1 N–H and O–H groups in total. The van der Waals surface area contributed by atoms with E-state index in [9.17, 15) is 4.79 Å². The minimum absolute atomic E-state index is 0.223. The van der Waals surface area contributed by atoms with Crippen LogP contribution < -0.4 is 5.32 Å². The number of piperidine rings is 1. The average Bonchev–Trinajstić information content (AvgIpc) is 2.85. The van der Waals surface area contributed by atoms with E-state index >= 15 is 0 Å². The van der Waals surface area contributed by atoms with E-state index < -0.39 is 0 Å². The van der Waals surface area contributed by atoms with Gasteiger partial charge in [0.15, 0.2) is 5.65 Å². The lowest BCUT2D eigenvalue weighted by Gasteiger charge is -2.31. The van der Waals surface area contributed by atoms with E-state index in [2.05, 4.69) is 20.3 Å². The number of imidazole rings is 1. The number of hydrogen-bond donors (Lipinski definition) is 1. The lowest BCUT2D eigenvalue weighted by Crippen LogP contribution is -2.42. The van der Waals surface area contributed by atoms with Gasteiger partial charge in [-0.3, -0.25) is 4.57 Å². The van der Waals surface area contributed by atoms with Gasteiger partial charge in [0.25, 0.3) is 0 Å². The molecule has 0 unspecified atom stereocenters. The number of carbonyl (C=O) groups is 1. The maximum atomic E-state index is 11.7. The van der Waals surface area contributed by atoms with Gasteiger partial charge < -0.3 is 15.0 Å². The molecule has 1 fully saturated rings. The molecule has 3 rings (SSSR count). The largest absolute Gasteiger partial charge is 0.450 e. The number of anilines is 1. The molecule has 8 heteroatoms. The predicted molar refractivity (Wildman–Crippen MR) is 81.5 cm³/mol. The fourth-order valence-electron chi connectivity index (χ4n) is 2.68. The van der Waals surface area contributed by atoms with E-state index in [-0.39, 0.29) is 12.1 Å². The fraction of sp³-hybridized carbons (Fsp3) is 0.571. The third-order valence-electron chi connectivity index (χ3n) is 3.89. The van der Waals surface area contributed by atoms with Crippen LogP contribution in [0.3, 0.4) is 0 Å². The highest BCUT2D eigenvalue weighted by Crippen LogP contribution is 2.19. The van der Waals surface area contributed by atoms with Crippen LogP contribution in [0.2, 0.25) is 0 Å². The van der Waals surface area contributed by atoms with Crippen molar-refractivity contribution in [1.82, 2.24) is 24.4 Å². The standard InChI is InChI=1S/C14H20N6O2/c1-3-22-14(21)20-6-4-10(5-7-20)17-13-18-11-8-15-9-16-12(11)19(13)2/h8-10H,3-7H2,1-2H3,(H,17,18). The number of fused-ring (bicyclic) bond motifs is 1. The Kier molecular flexibility index (Phi) is 4.08. The summed E-state index contributed by atoms with van der Waals surface area (Å²) < 4.78 is 6.95. The highest BCUT2D eigenvalue weighted by atomic mass is 16.6. The van der Waals surface area contributed by atoms with Gasteiger partial charge in [-0.1, -0.05) is 0 Å². The van der Waals surface area contributed by atoms with Crippen molar-refractivity contribution in [2.24, 2.45) is 7.05 Å². The third-order valence-corrected chi connectivity index (χ3v) is 3.89. The Bertz CT molecular complexity index is 662. The van der Waals surface area contributed by atoms with Crippen LogP contribution in [0.25, 0.3) is 11.2 Å². The summed E-state index contributed by atoms with van der Waals surface area (Å²) in [6.07, 6.45) is 4.74. The molecule has 0 spiro atoms. The highest BCUT2D eigenvalue weighted by Gasteiger charge is 2.24. The third kappa shape index (κ3) is 2.81. The van der Waals surface area contributed by atoms with Crippen LogP contribution in [0.15, 0.2) is 12.5 Å².